The fraction of sp³-hybridized carbons (Fsp3) is 0.800. The largest absolute Gasteiger partial charge is 0.406 e. The van der Waals surface area contributed by atoms with Crippen LogP contribution in [0.5, 0.6) is 0 Å². The Morgan fingerprint density at radius 1 is 1.35 bits per heavy atom. The second-order valence-corrected chi connectivity index (χ2v) is 6.29. The van der Waals surface area contributed by atoms with Crippen LogP contribution in [0.1, 0.15) is 18.7 Å². The fourth-order valence-corrected chi connectivity index (χ4v) is 3.11. The molecule has 8 heteroatoms. The molecule has 2 heterocycles. The Hall–Kier alpha value is -1.12. The number of nitrogens with zero attached hydrogens (tertiary/aromatic N) is 4. The van der Waals surface area contributed by atoms with Crippen molar-refractivity contribution in [1.82, 2.24) is 19.4 Å². The van der Waals surface area contributed by atoms with Gasteiger partial charge in [-0.1, -0.05) is 0 Å². The average molecular weight is 334 g/mol. The molecular weight excluding hydrogens is 309 g/mol. The van der Waals surface area contributed by atoms with Crippen molar-refractivity contribution in [1.29, 1.82) is 0 Å². The maximum absolute atomic E-state index is 12.5. The molecule has 1 aliphatic heterocycles. The molecule has 1 aromatic heterocycles. The van der Waals surface area contributed by atoms with Gasteiger partial charge in [0.15, 0.2) is 0 Å². The van der Waals surface area contributed by atoms with Gasteiger partial charge in [0.2, 0.25) is 0 Å². The van der Waals surface area contributed by atoms with Gasteiger partial charge in [-0.05, 0) is 38.9 Å². The molecule has 0 unspecified atom stereocenters. The second kappa shape index (κ2) is 8.12. The minimum Gasteiger partial charge on any atom is -0.395 e. The zero-order valence-electron chi connectivity index (χ0n) is 13.5. The molecule has 5 nitrogen and oxygen atoms in total. The fourth-order valence-electron chi connectivity index (χ4n) is 3.11. The van der Waals surface area contributed by atoms with Crippen molar-refractivity contribution in [2.24, 2.45) is 5.92 Å². The highest BCUT2D eigenvalue weighted by atomic mass is 19.4. The number of likely N-dealkylation sites (tertiary alicyclic amines) is 1. The summed E-state index contributed by atoms with van der Waals surface area (Å²) in [5.74, 6) is 0.989. The Labute approximate surface area is 134 Å². The number of imidazole rings is 1. The molecule has 0 saturated carbocycles. The van der Waals surface area contributed by atoms with Crippen LogP contribution in [0.4, 0.5) is 13.2 Å². The van der Waals surface area contributed by atoms with Gasteiger partial charge in [-0.25, -0.2) is 4.98 Å². The Balaban J connectivity index is 1.79. The maximum atomic E-state index is 12.5. The third-order valence-corrected chi connectivity index (χ3v) is 4.26. The Bertz CT molecular complexity index is 470. The molecule has 1 aromatic rings. The van der Waals surface area contributed by atoms with Crippen molar-refractivity contribution in [3.63, 3.8) is 0 Å². The molecule has 132 valence electrons. The molecule has 0 amide bonds. The van der Waals surface area contributed by atoms with Gasteiger partial charge in [0.05, 0.1) is 13.2 Å². The van der Waals surface area contributed by atoms with Crippen molar-refractivity contribution < 1.29 is 18.3 Å². The molecule has 0 radical (unpaired) electrons. The lowest BCUT2D eigenvalue weighted by atomic mass is 9.96. The van der Waals surface area contributed by atoms with E-state index in [1.165, 1.54) is 17.0 Å². The number of halogens is 3. The van der Waals surface area contributed by atoms with Crippen LogP contribution in [0, 0.1) is 5.92 Å². The number of aromatic nitrogens is 2. The van der Waals surface area contributed by atoms with E-state index < -0.39 is 12.7 Å². The topological polar surface area (TPSA) is 44.5 Å². The first-order valence-corrected chi connectivity index (χ1v) is 7.96. The van der Waals surface area contributed by atoms with E-state index in [1.807, 2.05) is 11.9 Å². The zero-order valence-corrected chi connectivity index (χ0v) is 13.5. The number of rotatable bonds is 7. The summed E-state index contributed by atoms with van der Waals surface area (Å²) in [6.07, 6.45) is 0.683. The Morgan fingerprint density at radius 2 is 2.04 bits per heavy atom. The summed E-state index contributed by atoms with van der Waals surface area (Å²) in [4.78, 5) is 8.34. The summed E-state index contributed by atoms with van der Waals surface area (Å²) in [7, 11) is 1.92. The van der Waals surface area contributed by atoms with E-state index in [1.54, 1.807) is 0 Å². The highest BCUT2D eigenvalue weighted by Gasteiger charge is 2.29. The van der Waals surface area contributed by atoms with Gasteiger partial charge in [0.25, 0.3) is 0 Å². The molecule has 1 aliphatic rings. The predicted octanol–water partition coefficient (Wildman–Crippen LogP) is 1.58. The van der Waals surface area contributed by atoms with Crippen LogP contribution in [0.2, 0.25) is 0 Å². The van der Waals surface area contributed by atoms with Crippen molar-refractivity contribution >= 4 is 0 Å². The van der Waals surface area contributed by atoms with E-state index in [9.17, 15) is 13.2 Å². The normalized spacial score (nSPS) is 18.0. The minimum atomic E-state index is -4.23. The van der Waals surface area contributed by atoms with Crippen molar-refractivity contribution in [3.8, 4) is 0 Å². The molecular formula is C15H25F3N4O. The SMILES string of the molecule is CN(Cc1nccn1CC(F)(F)F)CC1CCN(CCO)CC1. The van der Waals surface area contributed by atoms with E-state index in [2.05, 4.69) is 9.88 Å². The molecule has 0 spiro atoms. The monoisotopic (exact) mass is 334 g/mol. The first-order valence-electron chi connectivity index (χ1n) is 7.96. The maximum Gasteiger partial charge on any atom is 0.406 e. The standard InChI is InChI=1S/C15H25F3N4O/c1-20(10-13-2-5-21(6-3-13)8-9-23)11-14-19-4-7-22(14)12-15(16,17)18/h4,7,13,23H,2-3,5-6,8-12H2,1H3. The van der Waals surface area contributed by atoms with Crippen LogP contribution >= 0.6 is 0 Å². The van der Waals surface area contributed by atoms with Crippen molar-refractivity contribution in [2.45, 2.75) is 32.1 Å². The first kappa shape index (κ1) is 18.2. The summed E-state index contributed by atoms with van der Waals surface area (Å²) < 4.78 is 38.7. The summed E-state index contributed by atoms with van der Waals surface area (Å²) in [6, 6.07) is 0. The van der Waals surface area contributed by atoms with Crippen LogP contribution in [-0.4, -0.2) is 70.5 Å². The molecule has 2 rings (SSSR count). The van der Waals surface area contributed by atoms with Gasteiger partial charge >= 0.3 is 6.18 Å². The van der Waals surface area contributed by atoms with Crippen molar-refractivity contribution in [3.05, 3.63) is 18.2 Å². The first-order chi connectivity index (χ1) is 10.9. The summed E-state index contributed by atoms with van der Waals surface area (Å²) in [6.45, 7) is 3.13. The lowest BCUT2D eigenvalue weighted by Crippen LogP contribution is -2.39. The van der Waals surface area contributed by atoms with Crippen LogP contribution in [0.3, 0.4) is 0 Å². The second-order valence-electron chi connectivity index (χ2n) is 6.29. The molecule has 1 fully saturated rings. The van der Waals surface area contributed by atoms with Gasteiger partial charge in [0.1, 0.15) is 12.4 Å². The quantitative estimate of drug-likeness (QED) is 0.822. The van der Waals surface area contributed by atoms with Crippen LogP contribution in [0.15, 0.2) is 12.4 Å². The number of alkyl halides is 3. The Kier molecular flexibility index (Phi) is 6.43. The molecule has 0 aromatic carbocycles. The third kappa shape index (κ3) is 6.12. The number of aliphatic hydroxyl groups is 1. The number of aliphatic hydroxyl groups excluding tert-OH is 1. The molecule has 1 saturated heterocycles. The van der Waals surface area contributed by atoms with Crippen LogP contribution < -0.4 is 0 Å². The highest BCUT2D eigenvalue weighted by molar-refractivity contribution is 4.93. The van der Waals surface area contributed by atoms with Gasteiger partial charge in [-0.3, -0.25) is 4.90 Å². The van der Waals surface area contributed by atoms with E-state index in [4.69, 9.17) is 5.11 Å². The molecule has 0 bridgehead atoms. The smallest absolute Gasteiger partial charge is 0.395 e. The molecule has 23 heavy (non-hydrogen) atoms. The highest BCUT2D eigenvalue weighted by Crippen LogP contribution is 2.20. The number of hydrogen-bond donors (Lipinski definition) is 1. The number of β-amino-alcohol motifs (C(OH)–C–C–N with tert-alkyl or cyclic N) is 1. The van der Waals surface area contributed by atoms with E-state index in [0.717, 1.165) is 39.0 Å². The van der Waals surface area contributed by atoms with Crippen LogP contribution in [-0.2, 0) is 13.1 Å². The lowest BCUT2D eigenvalue weighted by molar-refractivity contribution is -0.141. The summed E-state index contributed by atoms with van der Waals surface area (Å²) >= 11 is 0. The van der Waals surface area contributed by atoms with Crippen LogP contribution in [0.25, 0.3) is 0 Å². The average Bonchev–Trinajstić information content (AvgIpc) is 2.86. The minimum absolute atomic E-state index is 0.187. The summed E-state index contributed by atoms with van der Waals surface area (Å²) in [5, 5.41) is 8.94. The number of piperidine rings is 1. The van der Waals surface area contributed by atoms with Gasteiger partial charge in [0, 0.05) is 25.5 Å². The third-order valence-electron chi connectivity index (χ3n) is 4.26. The van der Waals surface area contributed by atoms with Crippen molar-refractivity contribution in [2.75, 3.05) is 39.8 Å². The van der Waals surface area contributed by atoms with Gasteiger partial charge in [-0.15, -0.1) is 0 Å². The molecule has 1 N–H and O–H groups in total. The predicted molar refractivity (Wildman–Crippen MR) is 80.9 cm³/mol. The lowest BCUT2D eigenvalue weighted by Gasteiger charge is -2.33. The van der Waals surface area contributed by atoms with Gasteiger partial charge in [-0.2, -0.15) is 13.2 Å². The van der Waals surface area contributed by atoms with E-state index in [-0.39, 0.29) is 6.61 Å². The van der Waals surface area contributed by atoms with E-state index >= 15 is 0 Å². The molecule has 0 atom stereocenters. The zero-order chi connectivity index (χ0) is 16.9. The summed E-state index contributed by atoms with van der Waals surface area (Å²) in [5.41, 5.74) is 0. The van der Waals surface area contributed by atoms with E-state index in [0.29, 0.717) is 18.3 Å². The Morgan fingerprint density at radius 3 is 2.65 bits per heavy atom. The molecule has 0 aliphatic carbocycles. The number of hydrogen-bond acceptors (Lipinski definition) is 4. The van der Waals surface area contributed by atoms with Gasteiger partial charge < -0.3 is 14.6 Å².